The van der Waals surface area contributed by atoms with Crippen molar-refractivity contribution < 1.29 is 26.2 Å². The number of benzene rings is 2. The van der Waals surface area contributed by atoms with Crippen LogP contribution in [0.3, 0.4) is 0 Å². The lowest BCUT2D eigenvalue weighted by Gasteiger charge is -2.35. The third kappa shape index (κ3) is 5.64. The maximum Gasteiger partial charge on any atom is 0.137 e. The van der Waals surface area contributed by atoms with E-state index < -0.39 is 0 Å². The zero-order valence-electron chi connectivity index (χ0n) is 15.2. The third-order valence-corrected chi connectivity index (χ3v) is 5.05. The standard InChI is InChI=1S/C21H30NO.BrH/c1-4-22(5-2,6-3)16-17-23-21-15-11-10-14-20(21)18-19-12-8-7-9-13-19;/h7-15H,4-6,16-18H2,1-3H3;1H/q+1;/p-1. The van der Waals surface area contributed by atoms with Gasteiger partial charge in [-0.2, -0.15) is 0 Å². The van der Waals surface area contributed by atoms with Gasteiger partial charge in [-0.3, -0.25) is 0 Å². The van der Waals surface area contributed by atoms with E-state index in [0.717, 1.165) is 29.8 Å². The van der Waals surface area contributed by atoms with Gasteiger partial charge in [-0.15, -0.1) is 0 Å². The molecular formula is C21H30BrNO. The molecule has 2 aromatic rings. The van der Waals surface area contributed by atoms with Gasteiger partial charge < -0.3 is 26.2 Å². The van der Waals surface area contributed by atoms with Crippen molar-refractivity contribution >= 4 is 0 Å². The van der Waals surface area contributed by atoms with Crippen molar-refractivity contribution in [1.29, 1.82) is 0 Å². The van der Waals surface area contributed by atoms with Crippen LogP contribution in [0.2, 0.25) is 0 Å². The lowest BCUT2D eigenvalue weighted by molar-refractivity contribution is -0.923. The molecule has 0 unspecified atom stereocenters. The van der Waals surface area contributed by atoms with Crippen LogP contribution in [0.15, 0.2) is 54.6 Å². The van der Waals surface area contributed by atoms with Crippen LogP contribution in [-0.2, 0) is 6.42 Å². The minimum absolute atomic E-state index is 0. The monoisotopic (exact) mass is 391 g/mol. The Morgan fingerprint density at radius 1 is 0.792 bits per heavy atom. The molecule has 0 aliphatic rings. The molecule has 24 heavy (non-hydrogen) atoms. The Hall–Kier alpha value is -1.32. The molecule has 0 aliphatic carbocycles. The largest absolute Gasteiger partial charge is 1.00 e. The van der Waals surface area contributed by atoms with Crippen LogP contribution in [0, 0.1) is 0 Å². The van der Waals surface area contributed by atoms with Gasteiger partial charge in [0.05, 0.1) is 19.6 Å². The maximum atomic E-state index is 6.15. The van der Waals surface area contributed by atoms with Gasteiger partial charge in [0.1, 0.15) is 18.9 Å². The Morgan fingerprint density at radius 2 is 1.38 bits per heavy atom. The Balaban J connectivity index is 0.00000288. The number of halogens is 1. The molecule has 0 bridgehead atoms. The summed E-state index contributed by atoms with van der Waals surface area (Å²) >= 11 is 0. The quantitative estimate of drug-likeness (QED) is 0.589. The zero-order chi connectivity index (χ0) is 16.5. The van der Waals surface area contributed by atoms with Crippen LogP contribution in [0.1, 0.15) is 31.9 Å². The molecule has 3 heteroatoms. The van der Waals surface area contributed by atoms with Gasteiger partial charge in [0.25, 0.3) is 0 Å². The van der Waals surface area contributed by atoms with Gasteiger partial charge in [0, 0.05) is 6.42 Å². The van der Waals surface area contributed by atoms with E-state index in [-0.39, 0.29) is 17.0 Å². The second kappa shape index (κ2) is 10.5. The highest BCUT2D eigenvalue weighted by molar-refractivity contribution is 5.37. The number of para-hydroxylation sites is 1. The predicted octanol–water partition coefficient (Wildman–Crippen LogP) is 1.54. The minimum atomic E-state index is 0. The van der Waals surface area contributed by atoms with Gasteiger partial charge in [0.15, 0.2) is 0 Å². The van der Waals surface area contributed by atoms with Gasteiger partial charge in [-0.05, 0) is 38.0 Å². The Bertz CT molecular complexity index is 573. The van der Waals surface area contributed by atoms with Crippen LogP contribution in [-0.4, -0.2) is 37.3 Å². The van der Waals surface area contributed by atoms with Crippen LogP contribution >= 0.6 is 0 Å². The average Bonchev–Trinajstić information content (AvgIpc) is 2.61. The molecule has 0 aromatic heterocycles. The molecule has 0 fully saturated rings. The molecule has 2 rings (SSSR count). The highest BCUT2D eigenvalue weighted by Gasteiger charge is 2.20. The van der Waals surface area contributed by atoms with Crippen LogP contribution < -0.4 is 21.7 Å². The van der Waals surface area contributed by atoms with Crippen molar-refractivity contribution in [3.8, 4) is 5.75 Å². The van der Waals surface area contributed by atoms with Crippen molar-refractivity contribution in [3.05, 3.63) is 65.7 Å². The first-order chi connectivity index (χ1) is 11.2. The summed E-state index contributed by atoms with van der Waals surface area (Å²) in [6.45, 7) is 12.2. The third-order valence-electron chi connectivity index (χ3n) is 5.05. The fourth-order valence-corrected chi connectivity index (χ4v) is 3.10. The topological polar surface area (TPSA) is 9.23 Å². The van der Waals surface area contributed by atoms with E-state index in [2.05, 4.69) is 75.4 Å². The molecule has 0 aliphatic heterocycles. The van der Waals surface area contributed by atoms with E-state index in [4.69, 9.17) is 4.74 Å². The molecule has 0 atom stereocenters. The number of hydrogen-bond donors (Lipinski definition) is 0. The first kappa shape index (κ1) is 20.7. The second-order valence-electron chi connectivity index (χ2n) is 6.13. The van der Waals surface area contributed by atoms with E-state index in [1.165, 1.54) is 30.8 Å². The van der Waals surface area contributed by atoms with Gasteiger partial charge in [-0.1, -0.05) is 48.5 Å². The summed E-state index contributed by atoms with van der Waals surface area (Å²) in [4.78, 5) is 0. The first-order valence-corrected chi connectivity index (χ1v) is 8.82. The second-order valence-corrected chi connectivity index (χ2v) is 6.13. The molecule has 0 radical (unpaired) electrons. The van der Waals surface area contributed by atoms with Crippen molar-refractivity contribution in [2.75, 3.05) is 32.8 Å². The Morgan fingerprint density at radius 3 is 2.00 bits per heavy atom. The molecule has 132 valence electrons. The van der Waals surface area contributed by atoms with Gasteiger partial charge >= 0.3 is 0 Å². The smallest absolute Gasteiger partial charge is 0.137 e. The molecule has 0 saturated carbocycles. The highest BCUT2D eigenvalue weighted by atomic mass is 79.9. The Kier molecular flexibility index (Phi) is 9.09. The van der Waals surface area contributed by atoms with E-state index in [1.807, 2.05) is 0 Å². The normalized spacial score (nSPS) is 11.0. The van der Waals surface area contributed by atoms with E-state index in [1.54, 1.807) is 0 Å². The van der Waals surface area contributed by atoms with Crippen molar-refractivity contribution in [1.82, 2.24) is 0 Å². The predicted molar refractivity (Wildman–Crippen MR) is 97.9 cm³/mol. The summed E-state index contributed by atoms with van der Waals surface area (Å²) in [5, 5.41) is 0. The summed E-state index contributed by atoms with van der Waals surface area (Å²) in [5.74, 6) is 1.03. The molecular weight excluding hydrogens is 362 g/mol. The Labute approximate surface area is 157 Å². The van der Waals surface area contributed by atoms with Crippen molar-refractivity contribution in [2.24, 2.45) is 0 Å². The summed E-state index contributed by atoms with van der Waals surface area (Å²) in [7, 11) is 0. The number of rotatable bonds is 9. The lowest BCUT2D eigenvalue weighted by Crippen LogP contribution is -3.00. The molecule has 0 spiro atoms. The van der Waals surface area contributed by atoms with Crippen LogP contribution in [0.4, 0.5) is 0 Å². The fourth-order valence-electron chi connectivity index (χ4n) is 3.10. The molecule has 2 nitrogen and oxygen atoms in total. The van der Waals surface area contributed by atoms with Crippen LogP contribution in [0.5, 0.6) is 5.75 Å². The highest BCUT2D eigenvalue weighted by Crippen LogP contribution is 2.21. The molecule has 0 heterocycles. The van der Waals surface area contributed by atoms with E-state index in [9.17, 15) is 0 Å². The zero-order valence-corrected chi connectivity index (χ0v) is 16.8. The summed E-state index contributed by atoms with van der Waals surface area (Å²) < 4.78 is 7.28. The van der Waals surface area contributed by atoms with E-state index >= 15 is 0 Å². The van der Waals surface area contributed by atoms with Crippen LogP contribution in [0.25, 0.3) is 0 Å². The minimum Gasteiger partial charge on any atom is -1.00 e. The summed E-state index contributed by atoms with van der Waals surface area (Å²) in [6.07, 6.45) is 0.923. The van der Waals surface area contributed by atoms with Crippen molar-refractivity contribution in [2.45, 2.75) is 27.2 Å². The number of hydrogen-bond acceptors (Lipinski definition) is 1. The average molecular weight is 392 g/mol. The maximum absolute atomic E-state index is 6.15. The SMILES string of the molecule is CC[N+](CC)(CC)CCOc1ccccc1Cc1ccccc1.[Br-]. The number of quaternary nitrogens is 1. The van der Waals surface area contributed by atoms with Crippen molar-refractivity contribution in [3.63, 3.8) is 0 Å². The fraction of sp³-hybridized carbons (Fsp3) is 0.429. The molecule has 2 aromatic carbocycles. The molecule has 0 amide bonds. The lowest BCUT2D eigenvalue weighted by atomic mass is 10.0. The first-order valence-electron chi connectivity index (χ1n) is 8.82. The summed E-state index contributed by atoms with van der Waals surface area (Å²) in [6, 6.07) is 19.0. The van der Waals surface area contributed by atoms with E-state index in [0.29, 0.717) is 0 Å². The molecule has 0 saturated heterocycles. The summed E-state index contributed by atoms with van der Waals surface area (Å²) in [5.41, 5.74) is 2.59. The number of ether oxygens (including phenoxy) is 1. The van der Waals surface area contributed by atoms with Gasteiger partial charge in [0.2, 0.25) is 0 Å². The molecule has 0 N–H and O–H groups in total. The number of likely N-dealkylation sites (N-methyl/N-ethyl adjacent to an activating group) is 1. The van der Waals surface area contributed by atoms with Gasteiger partial charge in [-0.25, -0.2) is 0 Å². The number of nitrogens with zero attached hydrogens (tertiary/aromatic N) is 1.